The van der Waals surface area contributed by atoms with E-state index in [1.165, 1.54) is 0 Å². The fraction of sp³-hybridized carbons (Fsp3) is 0.286. The minimum Gasteiger partial charge on any atom is -0.481 e. The molecule has 3 heteroatoms. The van der Waals surface area contributed by atoms with E-state index in [-0.39, 0.29) is 5.92 Å². The Hall–Kier alpha value is -1.90. The van der Waals surface area contributed by atoms with E-state index in [0.717, 1.165) is 16.5 Å². The summed E-state index contributed by atoms with van der Waals surface area (Å²) >= 11 is 0. The number of carbonyl (C=O) groups is 1. The van der Waals surface area contributed by atoms with Crippen molar-refractivity contribution in [2.24, 2.45) is 5.92 Å². The average molecular weight is 229 g/mol. The lowest BCUT2D eigenvalue weighted by atomic mass is 10.0. The van der Waals surface area contributed by atoms with Crippen molar-refractivity contribution < 1.29 is 9.90 Å². The quantitative estimate of drug-likeness (QED) is 0.877. The molecule has 1 N–H and O–H groups in total. The maximum Gasteiger partial charge on any atom is 0.306 e. The van der Waals surface area contributed by atoms with E-state index in [9.17, 15) is 4.79 Å². The molecular weight excluding hydrogens is 214 g/mol. The molecular formula is C14H15NO2. The first-order valence-electron chi connectivity index (χ1n) is 5.73. The predicted octanol–water partition coefficient (Wildman–Crippen LogP) is 2.89. The summed E-state index contributed by atoms with van der Waals surface area (Å²) < 4.78 is 0. The number of rotatable bonds is 4. The molecule has 0 aliphatic heterocycles. The third-order valence-corrected chi connectivity index (χ3v) is 2.94. The molecule has 0 aliphatic rings. The van der Waals surface area contributed by atoms with Gasteiger partial charge in [0.1, 0.15) is 0 Å². The molecule has 17 heavy (non-hydrogen) atoms. The monoisotopic (exact) mass is 229 g/mol. The molecule has 0 spiro atoms. The van der Waals surface area contributed by atoms with Crippen LogP contribution in [0.15, 0.2) is 36.5 Å². The van der Waals surface area contributed by atoms with Crippen molar-refractivity contribution in [1.82, 2.24) is 4.98 Å². The first-order valence-corrected chi connectivity index (χ1v) is 5.73. The second-order valence-electron chi connectivity index (χ2n) is 4.30. The molecule has 0 radical (unpaired) electrons. The van der Waals surface area contributed by atoms with Gasteiger partial charge in [-0.05, 0) is 24.3 Å². The van der Waals surface area contributed by atoms with Crippen LogP contribution in [0.1, 0.15) is 19.0 Å². The summed E-state index contributed by atoms with van der Waals surface area (Å²) in [6.07, 6.45) is 3.18. The molecule has 1 unspecified atom stereocenters. The Morgan fingerprint density at radius 1 is 1.35 bits per heavy atom. The van der Waals surface area contributed by atoms with Crippen molar-refractivity contribution in [2.75, 3.05) is 0 Å². The molecule has 0 amide bonds. The standard InChI is InChI=1S/C14H15NO2/c1-10(14(16)17)6-7-13-8-11-4-2-3-5-12(11)9-15-13/h2-5,8-10H,6-7H2,1H3,(H,16,17). The summed E-state index contributed by atoms with van der Waals surface area (Å²) in [5, 5.41) is 11.1. The number of pyridine rings is 1. The van der Waals surface area contributed by atoms with Gasteiger partial charge in [-0.1, -0.05) is 31.2 Å². The zero-order valence-corrected chi connectivity index (χ0v) is 9.76. The molecule has 2 rings (SSSR count). The van der Waals surface area contributed by atoms with Gasteiger partial charge >= 0.3 is 5.97 Å². The number of aryl methyl sites for hydroxylation is 1. The molecule has 0 saturated heterocycles. The van der Waals surface area contributed by atoms with E-state index in [2.05, 4.69) is 4.98 Å². The second kappa shape index (κ2) is 4.95. The number of carboxylic acid groups (broad SMARTS) is 1. The van der Waals surface area contributed by atoms with Crippen LogP contribution in [0.25, 0.3) is 10.8 Å². The van der Waals surface area contributed by atoms with Gasteiger partial charge in [-0.15, -0.1) is 0 Å². The number of aromatic nitrogens is 1. The molecule has 88 valence electrons. The topological polar surface area (TPSA) is 50.2 Å². The number of nitrogens with zero attached hydrogens (tertiary/aromatic N) is 1. The Balaban J connectivity index is 2.12. The van der Waals surface area contributed by atoms with E-state index in [4.69, 9.17) is 5.11 Å². The molecule has 1 aromatic carbocycles. The van der Waals surface area contributed by atoms with E-state index in [1.807, 2.05) is 36.5 Å². The highest BCUT2D eigenvalue weighted by Gasteiger charge is 2.10. The van der Waals surface area contributed by atoms with Gasteiger partial charge < -0.3 is 5.11 Å². The lowest BCUT2D eigenvalue weighted by Crippen LogP contribution is -2.10. The van der Waals surface area contributed by atoms with Crippen molar-refractivity contribution in [3.05, 3.63) is 42.2 Å². The van der Waals surface area contributed by atoms with E-state index >= 15 is 0 Å². The number of hydrogen-bond donors (Lipinski definition) is 1. The van der Waals surface area contributed by atoms with Crippen molar-refractivity contribution in [1.29, 1.82) is 0 Å². The predicted molar refractivity (Wildman–Crippen MR) is 66.9 cm³/mol. The molecule has 1 heterocycles. The number of fused-ring (bicyclic) bond motifs is 1. The summed E-state index contributed by atoms with van der Waals surface area (Å²) in [5.41, 5.74) is 0.955. The van der Waals surface area contributed by atoms with Gasteiger partial charge in [0.25, 0.3) is 0 Å². The number of benzene rings is 1. The first kappa shape index (κ1) is 11.6. The van der Waals surface area contributed by atoms with Gasteiger partial charge in [-0.2, -0.15) is 0 Å². The van der Waals surface area contributed by atoms with Crippen molar-refractivity contribution >= 4 is 16.7 Å². The van der Waals surface area contributed by atoms with Crippen molar-refractivity contribution in [3.63, 3.8) is 0 Å². The molecule has 2 aromatic rings. The van der Waals surface area contributed by atoms with Crippen LogP contribution >= 0.6 is 0 Å². The molecule has 0 bridgehead atoms. The van der Waals surface area contributed by atoms with Crippen LogP contribution in [0.5, 0.6) is 0 Å². The Labute approximate surface area is 100 Å². The van der Waals surface area contributed by atoms with Gasteiger partial charge in [0.15, 0.2) is 0 Å². The van der Waals surface area contributed by atoms with Crippen LogP contribution in [-0.4, -0.2) is 16.1 Å². The van der Waals surface area contributed by atoms with Gasteiger partial charge in [0, 0.05) is 17.3 Å². The van der Waals surface area contributed by atoms with Crippen LogP contribution in [0.3, 0.4) is 0 Å². The molecule has 0 saturated carbocycles. The Bertz CT molecular complexity index is 536. The van der Waals surface area contributed by atoms with Crippen LogP contribution in [-0.2, 0) is 11.2 Å². The number of carboxylic acids is 1. The number of hydrogen-bond acceptors (Lipinski definition) is 2. The molecule has 1 aromatic heterocycles. The van der Waals surface area contributed by atoms with E-state index in [1.54, 1.807) is 6.92 Å². The highest BCUT2D eigenvalue weighted by Crippen LogP contribution is 2.15. The van der Waals surface area contributed by atoms with Crippen molar-refractivity contribution in [2.45, 2.75) is 19.8 Å². The van der Waals surface area contributed by atoms with E-state index in [0.29, 0.717) is 12.8 Å². The third kappa shape index (κ3) is 2.81. The Kier molecular flexibility index (Phi) is 3.38. The summed E-state index contributed by atoms with van der Waals surface area (Å²) in [6.45, 7) is 1.73. The van der Waals surface area contributed by atoms with Gasteiger partial charge in [-0.25, -0.2) is 0 Å². The van der Waals surface area contributed by atoms with Crippen LogP contribution in [0.2, 0.25) is 0 Å². The summed E-state index contributed by atoms with van der Waals surface area (Å²) in [7, 11) is 0. The fourth-order valence-corrected chi connectivity index (χ4v) is 1.75. The average Bonchev–Trinajstić information content (AvgIpc) is 2.35. The summed E-state index contributed by atoms with van der Waals surface area (Å²) in [4.78, 5) is 15.1. The van der Waals surface area contributed by atoms with Crippen LogP contribution in [0, 0.1) is 5.92 Å². The zero-order chi connectivity index (χ0) is 12.3. The highest BCUT2D eigenvalue weighted by molar-refractivity contribution is 5.81. The maximum atomic E-state index is 10.7. The van der Waals surface area contributed by atoms with E-state index < -0.39 is 5.97 Å². The SMILES string of the molecule is CC(CCc1cc2ccccc2cn1)C(=O)O. The summed E-state index contributed by atoms with van der Waals surface area (Å²) in [5.74, 6) is -1.06. The molecule has 1 atom stereocenters. The van der Waals surface area contributed by atoms with Crippen LogP contribution < -0.4 is 0 Å². The highest BCUT2D eigenvalue weighted by atomic mass is 16.4. The molecule has 0 fully saturated rings. The smallest absolute Gasteiger partial charge is 0.306 e. The minimum absolute atomic E-state index is 0.316. The Morgan fingerprint density at radius 2 is 2.06 bits per heavy atom. The lowest BCUT2D eigenvalue weighted by Gasteiger charge is -2.06. The number of aliphatic carboxylic acids is 1. The van der Waals surface area contributed by atoms with Gasteiger partial charge in [0.05, 0.1) is 5.92 Å². The largest absolute Gasteiger partial charge is 0.481 e. The normalized spacial score (nSPS) is 12.5. The lowest BCUT2D eigenvalue weighted by molar-refractivity contribution is -0.141. The second-order valence-corrected chi connectivity index (χ2v) is 4.30. The third-order valence-electron chi connectivity index (χ3n) is 2.94. The first-order chi connectivity index (χ1) is 8.16. The van der Waals surface area contributed by atoms with Gasteiger partial charge in [-0.3, -0.25) is 9.78 Å². The molecule has 3 nitrogen and oxygen atoms in total. The molecule has 0 aliphatic carbocycles. The van der Waals surface area contributed by atoms with Gasteiger partial charge in [0.2, 0.25) is 0 Å². The maximum absolute atomic E-state index is 10.7. The Morgan fingerprint density at radius 3 is 2.76 bits per heavy atom. The zero-order valence-electron chi connectivity index (χ0n) is 9.76. The summed E-state index contributed by atoms with van der Waals surface area (Å²) in [6, 6.07) is 10.1. The van der Waals surface area contributed by atoms with Crippen molar-refractivity contribution in [3.8, 4) is 0 Å². The minimum atomic E-state index is -0.745. The van der Waals surface area contributed by atoms with Crippen LogP contribution in [0.4, 0.5) is 0 Å². The fourth-order valence-electron chi connectivity index (χ4n) is 1.75.